The van der Waals surface area contributed by atoms with Crippen LogP contribution in [-0.4, -0.2) is 37.0 Å². The number of halogens is 4. The third-order valence-electron chi connectivity index (χ3n) is 3.70. The number of carbonyl (C=O) groups is 1. The molecule has 0 unspecified atom stereocenters. The number of benzene rings is 1. The van der Waals surface area contributed by atoms with Crippen LogP contribution in [-0.2, 0) is 17.4 Å². The van der Waals surface area contributed by atoms with Crippen molar-refractivity contribution in [2.75, 3.05) is 25.5 Å². The van der Waals surface area contributed by atoms with E-state index in [1.807, 2.05) is 0 Å². The lowest BCUT2D eigenvalue weighted by Gasteiger charge is -2.11. The molecule has 0 aliphatic rings. The van der Waals surface area contributed by atoms with E-state index in [0.29, 0.717) is 54.0 Å². The summed E-state index contributed by atoms with van der Waals surface area (Å²) in [6.45, 7) is 0.907. The van der Waals surface area contributed by atoms with Crippen LogP contribution < -0.4 is 16.0 Å². The molecule has 0 aliphatic carbocycles. The SMILES string of the molecule is CN=C(NCCCC(=O)Nc1ccc(Cl)cc1)NCCc1nc(C(F)(F)F)cs1. The number of guanidine groups is 1. The number of aliphatic imine (C=N–C) groups is 1. The van der Waals surface area contributed by atoms with Crippen molar-refractivity contribution >= 4 is 40.5 Å². The average Bonchev–Trinajstić information content (AvgIpc) is 3.15. The van der Waals surface area contributed by atoms with Crippen molar-refractivity contribution in [3.63, 3.8) is 0 Å². The zero-order valence-corrected chi connectivity index (χ0v) is 17.2. The molecular formula is C18H21ClF3N5OS. The third kappa shape index (κ3) is 8.28. The monoisotopic (exact) mass is 447 g/mol. The number of amides is 1. The summed E-state index contributed by atoms with van der Waals surface area (Å²) in [5, 5.41) is 10.9. The van der Waals surface area contributed by atoms with Crippen LogP contribution in [0.5, 0.6) is 0 Å². The molecule has 0 radical (unpaired) electrons. The number of rotatable bonds is 8. The highest BCUT2D eigenvalue weighted by atomic mass is 35.5. The first kappa shape index (κ1) is 23.0. The van der Waals surface area contributed by atoms with Gasteiger partial charge in [-0.2, -0.15) is 13.2 Å². The van der Waals surface area contributed by atoms with Crippen LogP contribution >= 0.6 is 22.9 Å². The van der Waals surface area contributed by atoms with Crippen molar-refractivity contribution in [2.45, 2.75) is 25.4 Å². The second-order valence-electron chi connectivity index (χ2n) is 5.96. The number of anilines is 1. The summed E-state index contributed by atoms with van der Waals surface area (Å²) in [5.41, 5.74) is -0.183. The first-order valence-corrected chi connectivity index (χ1v) is 10.0. The fourth-order valence-electron chi connectivity index (χ4n) is 2.28. The molecule has 3 N–H and O–H groups in total. The predicted molar refractivity (Wildman–Crippen MR) is 110 cm³/mol. The lowest BCUT2D eigenvalue weighted by Crippen LogP contribution is -2.38. The highest BCUT2D eigenvalue weighted by Gasteiger charge is 2.33. The molecule has 29 heavy (non-hydrogen) atoms. The van der Waals surface area contributed by atoms with E-state index in [0.717, 1.165) is 16.7 Å². The Morgan fingerprint density at radius 3 is 2.52 bits per heavy atom. The minimum atomic E-state index is -4.42. The molecule has 6 nitrogen and oxygen atoms in total. The maximum Gasteiger partial charge on any atom is 0.434 e. The number of aromatic nitrogens is 1. The molecule has 0 bridgehead atoms. The smallest absolute Gasteiger partial charge is 0.356 e. The molecule has 0 saturated carbocycles. The third-order valence-corrected chi connectivity index (χ3v) is 4.86. The van der Waals surface area contributed by atoms with Gasteiger partial charge in [-0.3, -0.25) is 9.79 Å². The van der Waals surface area contributed by atoms with E-state index >= 15 is 0 Å². The number of alkyl halides is 3. The Morgan fingerprint density at radius 1 is 1.21 bits per heavy atom. The maximum absolute atomic E-state index is 12.5. The quantitative estimate of drug-likeness (QED) is 0.325. The molecule has 1 heterocycles. The van der Waals surface area contributed by atoms with Crippen LogP contribution in [0.25, 0.3) is 0 Å². The highest BCUT2D eigenvalue weighted by molar-refractivity contribution is 7.09. The van der Waals surface area contributed by atoms with Gasteiger partial charge in [0.05, 0.1) is 5.01 Å². The largest absolute Gasteiger partial charge is 0.434 e. The zero-order valence-electron chi connectivity index (χ0n) is 15.6. The number of carbonyl (C=O) groups excluding carboxylic acids is 1. The Kier molecular flexibility index (Phi) is 8.71. The van der Waals surface area contributed by atoms with E-state index in [2.05, 4.69) is 25.9 Å². The fraction of sp³-hybridized carbons (Fsp3) is 0.389. The molecule has 0 spiro atoms. The molecular weight excluding hydrogens is 427 g/mol. The van der Waals surface area contributed by atoms with Gasteiger partial charge >= 0.3 is 6.18 Å². The molecule has 0 saturated heterocycles. The minimum absolute atomic E-state index is 0.110. The predicted octanol–water partition coefficient (Wildman–Crippen LogP) is 3.94. The van der Waals surface area contributed by atoms with Gasteiger partial charge in [0.25, 0.3) is 0 Å². The number of nitrogens with one attached hydrogen (secondary N) is 3. The molecule has 1 amide bonds. The van der Waals surface area contributed by atoms with Gasteiger partial charge in [-0.1, -0.05) is 11.6 Å². The number of nitrogens with zero attached hydrogens (tertiary/aromatic N) is 2. The summed E-state index contributed by atoms with van der Waals surface area (Å²) in [6.07, 6.45) is -3.15. The van der Waals surface area contributed by atoms with Crippen molar-refractivity contribution in [1.29, 1.82) is 0 Å². The van der Waals surface area contributed by atoms with Gasteiger partial charge in [-0.15, -0.1) is 11.3 Å². The fourth-order valence-corrected chi connectivity index (χ4v) is 3.21. The Balaban J connectivity index is 1.63. The van der Waals surface area contributed by atoms with Crippen LogP contribution in [0.2, 0.25) is 5.02 Å². The molecule has 158 valence electrons. The van der Waals surface area contributed by atoms with Crippen molar-refractivity contribution < 1.29 is 18.0 Å². The van der Waals surface area contributed by atoms with Crippen molar-refractivity contribution in [3.8, 4) is 0 Å². The lowest BCUT2D eigenvalue weighted by atomic mass is 10.2. The van der Waals surface area contributed by atoms with E-state index < -0.39 is 11.9 Å². The second-order valence-corrected chi connectivity index (χ2v) is 7.34. The highest BCUT2D eigenvalue weighted by Crippen LogP contribution is 2.29. The molecule has 0 fully saturated rings. The zero-order chi connectivity index (χ0) is 21.3. The normalized spacial score (nSPS) is 12.0. The Hall–Kier alpha value is -2.33. The molecule has 1 aromatic heterocycles. The number of hydrogen-bond donors (Lipinski definition) is 3. The lowest BCUT2D eigenvalue weighted by molar-refractivity contribution is -0.140. The van der Waals surface area contributed by atoms with E-state index in [-0.39, 0.29) is 5.91 Å². The average molecular weight is 448 g/mol. The summed E-state index contributed by atoms with van der Waals surface area (Å²) < 4.78 is 37.6. The summed E-state index contributed by atoms with van der Waals surface area (Å²) >= 11 is 6.78. The molecule has 0 atom stereocenters. The summed E-state index contributed by atoms with van der Waals surface area (Å²) in [5.74, 6) is 0.400. The van der Waals surface area contributed by atoms with Crippen LogP contribution in [0.4, 0.5) is 18.9 Å². The molecule has 0 aliphatic heterocycles. The van der Waals surface area contributed by atoms with Crippen molar-refractivity contribution in [1.82, 2.24) is 15.6 Å². The van der Waals surface area contributed by atoms with Crippen LogP contribution in [0.1, 0.15) is 23.5 Å². The number of hydrogen-bond acceptors (Lipinski definition) is 4. The van der Waals surface area contributed by atoms with Crippen LogP contribution in [0.3, 0.4) is 0 Å². The molecule has 11 heteroatoms. The number of thiazole rings is 1. The Labute approximate surface area is 175 Å². The van der Waals surface area contributed by atoms with Gasteiger partial charge in [-0.25, -0.2) is 4.98 Å². The van der Waals surface area contributed by atoms with E-state index in [4.69, 9.17) is 11.6 Å². The molecule has 1 aromatic carbocycles. The Morgan fingerprint density at radius 2 is 1.90 bits per heavy atom. The van der Waals surface area contributed by atoms with E-state index in [9.17, 15) is 18.0 Å². The van der Waals surface area contributed by atoms with Crippen molar-refractivity contribution in [2.24, 2.45) is 4.99 Å². The first-order valence-electron chi connectivity index (χ1n) is 8.79. The van der Waals surface area contributed by atoms with Gasteiger partial charge in [0.1, 0.15) is 0 Å². The van der Waals surface area contributed by atoms with Gasteiger partial charge in [-0.05, 0) is 30.7 Å². The Bertz CT molecular complexity index is 824. The van der Waals surface area contributed by atoms with Gasteiger partial charge in [0.2, 0.25) is 5.91 Å². The van der Waals surface area contributed by atoms with Crippen LogP contribution in [0.15, 0.2) is 34.6 Å². The maximum atomic E-state index is 12.5. The van der Waals surface area contributed by atoms with Gasteiger partial charge in [0.15, 0.2) is 11.7 Å². The summed E-state index contributed by atoms with van der Waals surface area (Å²) in [4.78, 5) is 19.5. The van der Waals surface area contributed by atoms with Crippen LogP contribution in [0, 0.1) is 0 Å². The molecule has 2 aromatic rings. The minimum Gasteiger partial charge on any atom is -0.356 e. The van der Waals surface area contributed by atoms with Gasteiger partial charge < -0.3 is 16.0 Å². The summed E-state index contributed by atoms with van der Waals surface area (Å²) in [7, 11) is 1.59. The standard InChI is InChI=1S/C18H21ClF3N5OS/c1-23-17(25-10-8-16-27-14(11-29-16)18(20,21)22)24-9-2-3-15(28)26-13-6-4-12(19)5-7-13/h4-7,11H,2-3,8-10H2,1H3,(H,26,28)(H2,23,24,25). The van der Waals surface area contributed by atoms with E-state index in [1.54, 1.807) is 31.3 Å². The second kappa shape index (κ2) is 11.0. The topological polar surface area (TPSA) is 78.4 Å². The van der Waals surface area contributed by atoms with Gasteiger partial charge in [0, 0.05) is 49.1 Å². The first-order chi connectivity index (χ1) is 13.8. The summed E-state index contributed by atoms with van der Waals surface area (Å²) in [6, 6.07) is 6.85. The van der Waals surface area contributed by atoms with Crippen molar-refractivity contribution in [3.05, 3.63) is 45.4 Å². The van der Waals surface area contributed by atoms with E-state index in [1.165, 1.54) is 0 Å². The molecule has 2 rings (SSSR count).